The summed E-state index contributed by atoms with van der Waals surface area (Å²) < 4.78 is 17.0. The van der Waals surface area contributed by atoms with Gasteiger partial charge in [-0.3, -0.25) is 14.4 Å². The van der Waals surface area contributed by atoms with Crippen molar-refractivity contribution in [3.05, 3.63) is 109 Å². The lowest BCUT2D eigenvalue weighted by Gasteiger charge is -2.18. The second-order valence-corrected chi connectivity index (χ2v) is 22.0. The molecule has 0 aliphatic rings. The SMILES string of the molecule is CC/C=C\C/C=C\C/C=C\C/C=C\CCCCCCCCC(=O)OC(COC(=O)CCCCCCCCCC/C=C\C/C=C\C/C=C\CCCCCCC)COC(=O)CCCCCCCCCCC/C=C\C/C=C\CCCCC. The molecule has 0 spiro atoms. The maximum Gasteiger partial charge on any atom is 0.306 e. The van der Waals surface area contributed by atoms with Crippen LogP contribution in [0.15, 0.2) is 109 Å². The van der Waals surface area contributed by atoms with Crippen molar-refractivity contribution in [3.63, 3.8) is 0 Å². The van der Waals surface area contributed by atoms with Gasteiger partial charge in [0.25, 0.3) is 0 Å². The van der Waals surface area contributed by atoms with Crippen molar-refractivity contribution in [2.75, 3.05) is 13.2 Å². The average molecular weight is 1100 g/mol. The number of esters is 3. The van der Waals surface area contributed by atoms with E-state index in [9.17, 15) is 14.4 Å². The summed E-state index contributed by atoms with van der Waals surface area (Å²) in [5, 5.41) is 0. The maximum atomic E-state index is 12.9. The highest BCUT2D eigenvalue weighted by molar-refractivity contribution is 5.71. The second-order valence-electron chi connectivity index (χ2n) is 22.0. The summed E-state index contributed by atoms with van der Waals surface area (Å²) in [6.07, 6.45) is 90.9. The maximum absolute atomic E-state index is 12.9. The number of unbranched alkanes of at least 4 members (excludes halogenated alkanes) is 31. The summed E-state index contributed by atoms with van der Waals surface area (Å²) in [4.78, 5) is 38.4. The molecule has 1 atom stereocenters. The van der Waals surface area contributed by atoms with Crippen LogP contribution < -0.4 is 0 Å². The minimum absolute atomic E-state index is 0.0891. The Kier molecular flexibility index (Phi) is 63.3. The number of carbonyl (C=O) groups is 3. The lowest BCUT2D eigenvalue weighted by molar-refractivity contribution is -0.167. The molecule has 0 saturated heterocycles. The first-order valence-corrected chi connectivity index (χ1v) is 33.4. The molecule has 0 aliphatic heterocycles. The molecule has 0 aromatic rings. The van der Waals surface area contributed by atoms with E-state index in [1.54, 1.807) is 0 Å². The Hall–Kier alpha value is -3.93. The van der Waals surface area contributed by atoms with E-state index in [1.807, 2.05) is 0 Å². The Bertz CT molecular complexity index is 1590. The van der Waals surface area contributed by atoms with E-state index in [2.05, 4.69) is 130 Å². The van der Waals surface area contributed by atoms with E-state index >= 15 is 0 Å². The van der Waals surface area contributed by atoms with Gasteiger partial charge in [0.2, 0.25) is 0 Å². The second kappa shape index (κ2) is 66.6. The van der Waals surface area contributed by atoms with Gasteiger partial charge in [-0.2, -0.15) is 0 Å². The summed E-state index contributed by atoms with van der Waals surface area (Å²) in [7, 11) is 0. The topological polar surface area (TPSA) is 78.9 Å². The fourth-order valence-electron chi connectivity index (χ4n) is 9.24. The van der Waals surface area contributed by atoms with Gasteiger partial charge in [0.05, 0.1) is 0 Å². The van der Waals surface area contributed by atoms with Gasteiger partial charge in [0.15, 0.2) is 6.10 Å². The molecule has 6 heteroatoms. The first-order valence-electron chi connectivity index (χ1n) is 33.4. The van der Waals surface area contributed by atoms with Gasteiger partial charge in [-0.05, 0) is 128 Å². The number of allylic oxidation sites excluding steroid dienone is 18. The van der Waals surface area contributed by atoms with Gasteiger partial charge in [-0.25, -0.2) is 0 Å². The Morgan fingerprint density at radius 3 is 0.797 bits per heavy atom. The third kappa shape index (κ3) is 64.8. The lowest BCUT2D eigenvalue weighted by atomic mass is 10.1. The predicted molar refractivity (Wildman–Crippen MR) is 343 cm³/mol. The molecule has 452 valence electrons. The smallest absolute Gasteiger partial charge is 0.306 e. The Morgan fingerprint density at radius 2 is 0.494 bits per heavy atom. The van der Waals surface area contributed by atoms with Gasteiger partial charge < -0.3 is 14.2 Å². The zero-order chi connectivity index (χ0) is 57.1. The number of rotatable bonds is 60. The minimum Gasteiger partial charge on any atom is -0.462 e. The molecule has 0 bridgehead atoms. The van der Waals surface area contributed by atoms with Crippen LogP contribution in [0.25, 0.3) is 0 Å². The number of carbonyl (C=O) groups excluding carboxylic acids is 3. The Morgan fingerprint density at radius 1 is 0.266 bits per heavy atom. The molecule has 6 nitrogen and oxygen atoms in total. The fourth-order valence-corrected chi connectivity index (χ4v) is 9.24. The minimum atomic E-state index is -0.795. The first-order chi connectivity index (χ1) is 39.0. The number of hydrogen-bond acceptors (Lipinski definition) is 6. The Labute approximate surface area is 489 Å². The van der Waals surface area contributed by atoms with Crippen LogP contribution in [0.5, 0.6) is 0 Å². The van der Waals surface area contributed by atoms with Crippen molar-refractivity contribution in [2.24, 2.45) is 0 Å². The first kappa shape index (κ1) is 75.1. The summed E-state index contributed by atoms with van der Waals surface area (Å²) in [6, 6.07) is 0. The molecular formula is C73H124O6. The quantitative estimate of drug-likeness (QED) is 0.0261. The van der Waals surface area contributed by atoms with Crippen molar-refractivity contribution >= 4 is 17.9 Å². The van der Waals surface area contributed by atoms with Crippen LogP contribution >= 0.6 is 0 Å². The van der Waals surface area contributed by atoms with Crippen LogP contribution in [0.4, 0.5) is 0 Å². The summed E-state index contributed by atoms with van der Waals surface area (Å²) >= 11 is 0. The molecule has 0 radical (unpaired) electrons. The molecule has 0 heterocycles. The molecule has 1 unspecified atom stereocenters. The lowest BCUT2D eigenvalue weighted by Crippen LogP contribution is -2.30. The van der Waals surface area contributed by atoms with Gasteiger partial charge in [0.1, 0.15) is 13.2 Å². The van der Waals surface area contributed by atoms with Gasteiger partial charge in [-0.15, -0.1) is 0 Å². The molecule has 0 aliphatic carbocycles. The van der Waals surface area contributed by atoms with E-state index in [0.717, 1.165) is 122 Å². The monoisotopic (exact) mass is 1100 g/mol. The van der Waals surface area contributed by atoms with Crippen molar-refractivity contribution in [1.82, 2.24) is 0 Å². The van der Waals surface area contributed by atoms with E-state index < -0.39 is 6.10 Å². The normalized spacial score (nSPS) is 12.8. The van der Waals surface area contributed by atoms with Crippen LogP contribution in [0, 0.1) is 0 Å². The molecule has 0 saturated carbocycles. The van der Waals surface area contributed by atoms with E-state index in [-0.39, 0.29) is 31.1 Å². The standard InChI is InChI=1S/C73H124O6/c1-4-7-10-13-16-19-22-25-28-31-34-35-36-37-40-42-45-48-51-54-57-60-63-66-72(75)78-69-70(79-73(76)67-64-61-58-55-52-49-46-43-39-33-30-27-24-21-18-15-12-9-6-3)68-77-71(74)65-62-59-56-53-50-47-44-41-38-32-29-26-23-20-17-14-11-8-5-2/h9,12,17-18,20-22,25-27,29-31,34,36-37,39,43,70H,4-8,10-11,13-16,19,23-24,28,32-33,35,38,40-42,44-69H2,1-3H3/b12-9-,20-17-,21-18-,25-22-,29-26-,30-27-,34-31-,37-36-,43-39-. The summed E-state index contributed by atoms with van der Waals surface area (Å²) in [5.41, 5.74) is 0. The molecule has 0 aromatic carbocycles. The molecular weight excluding hydrogens is 973 g/mol. The van der Waals surface area contributed by atoms with Crippen LogP contribution in [0.2, 0.25) is 0 Å². The highest BCUT2D eigenvalue weighted by Crippen LogP contribution is 2.16. The third-order valence-electron chi connectivity index (χ3n) is 14.2. The Balaban J connectivity index is 4.43. The van der Waals surface area contributed by atoms with E-state index in [1.165, 1.54) is 154 Å². The van der Waals surface area contributed by atoms with Crippen molar-refractivity contribution < 1.29 is 28.6 Å². The van der Waals surface area contributed by atoms with E-state index in [4.69, 9.17) is 14.2 Å². The third-order valence-corrected chi connectivity index (χ3v) is 14.2. The van der Waals surface area contributed by atoms with Crippen molar-refractivity contribution in [3.8, 4) is 0 Å². The average Bonchev–Trinajstić information content (AvgIpc) is 3.45. The molecule has 0 aromatic heterocycles. The van der Waals surface area contributed by atoms with Gasteiger partial charge in [-0.1, -0.05) is 278 Å². The zero-order valence-corrected chi connectivity index (χ0v) is 51.9. The summed E-state index contributed by atoms with van der Waals surface area (Å²) in [5.74, 6) is -0.905. The predicted octanol–water partition coefficient (Wildman–Crippen LogP) is 23.0. The van der Waals surface area contributed by atoms with Crippen molar-refractivity contribution in [1.29, 1.82) is 0 Å². The van der Waals surface area contributed by atoms with Crippen LogP contribution in [-0.2, 0) is 28.6 Å². The molecule has 0 amide bonds. The molecule has 79 heavy (non-hydrogen) atoms. The highest BCUT2D eigenvalue weighted by atomic mass is 16.6. The summed E-state index contributed by atoms with van der Waals surface area (Å²) in [6.45, 7) is 6.50. The van der Waals surface area contributed by atoms with Gasteiger partial charge >= 0.3 is 17.9 Å². The van der Waals surface area contributed by atoms with Gasteiger partial charge in [0, 0.05) is 19.3 Å². The largest absolute Gasteiger partial charge is 0.462 e. The van der Waals surface area contributed by atoms with E-state index in [0.29, 0.717) is 19.3 Å². The number of hydrogen-bond donors (Lipinski definition) is 0. The zero-order valence-electron chi connectivity index (χ0n) is 51.9. The van der Waals surface area contributed by atoms with Crippen LogP contribution in [-0.4, -0.2) is 37.2 Å². The molecule has 0 rings (SSSR count). The molecule has 0 N–H and O–H groups in total. The van der Waals surface area contributed by atoms with Crippen LogP contribution in [0.1, 0.15) is 316 Å². The fraction of sp³-hybridized carbons (Fsp3) is 0.712. The van der Waals surface area contributed by atoms with Crippen molar-refractivity contribution in [2.45, 2.75) is 322 Å². The number of ether oxygens (including phenoxy) is 3. The molecule has 0 fully saturated rings. The highest BCUT2D eigenvalue weighted by Gasteiger charge is 2.19. The van der Waals surface area contributed by atoms with Crippen LogP contribution in [0.3, 0.4) is 0 Å².